The van der Waals surface area contributed by atoms with E-state index in [2.05, 4.69) is 4.72 Å². The highest BCUT2D eigenvalue weighted by molar-refractivity contribution is 7.93. The van der Waals surface area contributed by atoms with Gasteiger partial charge in [0.2, 0.25) is 0 Å². The van der Waals surface area contributed by atoms with Gasteiger partial charge in [0.05, 0.1) is 10.3 Å². The van der Waals surface area contributed by atoms with Crippen molar-refractivity contribution in [1.82, 2.24) is 0 Å². The minimum atomic E-state index is -3.82. The van der Waals surface area contributed by atoms with Crippen LogP contribution in [0.4, 0.5) is 5.69 Å². The molecule has 2 rings (SSSR count). The van der Waals surface area contributed by atoms with E-state index >= 15 is 0 Å². The van der Waals surface area contributed by atoms with Crippen LogP contribution in [0.5, 0.6) is 0 Å². The molecule has 0 unspecified atom stereocenters. The van der Waals surface area contributed by atoms with Gasteiger partial charge in [-0.1, -0.05) is 42.3 Å². The van der Waals surface area contributed by atoms with Crippen molar-refractivity contribution in [2.45, 2.75) is 18.2 Å². The van der Waals surface area contributed by atoms with E-state index in [1.54, 1.807) is 31.2 Å². The third kappa shape index (κ3) is 4.60. The summed E-state index contributed by atoms with van der Waals surface area (Å²) in [7, 11) is -3.82. The Hall–Kier alpha value is -1.28. The predicted molar refractivity (Wildman–Crippen MR) is 92.1 cm³/mol. The van der Waals surface area contributed by atoms with Crippen molar-refractivity contribution in [2.24, 2.45) is 5.92 Å². The van der Waals surface area contributed by atoms with E-state index in [9.17, 15) is 13.2 Å². The molecule has 0 saturated carbocycles. The number of nitrogens with one attached hydrogen (secondary N) is 1. The minimum absolute atomic E-state index is 0.0715. The molecule has 9 heteroatoms. The highest BCUT2D eigenvalue weighted by Gasteiger charge is 2.21. The number of sulfonamides is 1. The molecule has 0 bridgehead atoms. The summed E-state index contributed by atoms with van der Waals surface area (Å²) in [4.78, 5) is 10.8. The van der Waals surface area contributed by atoms with Crippen LogP contribution < -0.4 is 4.72 Å². The van der Waals surface area contributed by atoms with E-state index in [-0.39, 0.29) is 13.6 Å². The quantitative estimate of drug-likeness (QED) is 0.772. The second kappa shape index (κ2) is 7.09. The minimum Gasteiger partial charge on any atom is -0.481 e. The second-order valence-corrected chi connectivity index (χ2v) is 8.87. The molecular formula is C14H13Cl2NO4S2. The normalized spacial score (nSPS) is 12.8. The predicted octanol–water partition coefficient (Wildman–Crippen LogP) is 4.12. The fourth-order valence-corrected chi connectivity index (χ4v) is 5.08. The Labute approximate surface area is 147 Å². The van der Waals surface area contributed by atoms with Gasteiger partial charge in [-0.3, -0.25) is 9.52 Å². The maximum atomic E-state index is 12.3. The van der Waals surface area contributed by atoms with Crippen molar-refractivity contribution < 1.29 is 18.3 Å². The Balaban J connectivity index is 2.14. The van der Waals surface area contributed by atoms with E-state index in [1.807, 2.05) is 0 Å². The number of halogens is 2. The van der Waals surface area contributed by atoms with Gasteiger partial charge in [0.1, 0.15) is 9.23 Å². The molecule has 23 heavy (non-hydrogen) atoms. The number of aliphatic carboxylic acids is 1. The summed E-state index contributed by atoms with van der Waals surface area (Å²) in [6, 6.07) is 7.80. The number of hydrogen-bond acceptors (Lipinski definition) is 4. The smallest absolute Gasteiger partial charge is 0.306 e. The molecule has 0 aliphatic carbocycles. The Morgan fingerprint density at radius 3 is 2.39 bits per heavy atom. The molecule has 2 aromatic rings. The SMILES string of the molecule is C[C@H](Cc1ccc(NS(=O)(=O)c2cc(Cl)sc2Cl)cc1)C(=O)O. The molecule has 0 aliphatic heterocycles. The van der Waals surface area contributed by atoms with E-state index in [1.165, 1.54) is 6.07 Å². The number of anilines is 1. The van der Waals surface area contributed by atoms with Gasteiger partial charge in [-0.2, -0.15) is 0 Å². The molecule has 0 saturated heterocycles. The highest BCUT2D eigenvalue weighted by Crippen LogP contribution is 2.35. The zero-order valence-electron chi connectivity index (χ0n) is 11.9. The molecule has 1 aromatic carbocycles. The molecule has 1 atom stereocenters. The number of carboxylic acid groups (broad SMARTS) is 1. The molecular weight excluding hydrogens is 381 g/mol. The first-order chi connectivity index (χ1) is 10.7. The molecule has 124 valence electrons. The lowest BCUT2D eigenvalue weighted by Gasteiger charge is -2.09. The average Bonchev–Trinajstić information content (AvgIpc) is 2.80. The van der Waals surface area contributed by atoms with Crippen LogP contribution in [0, 0.1) is 5.92 Å². The summed E-state index contributed by atoms with van der Waals surface area (Å²) in [5, 5.41) is 8.89. The summed E-state index contributed by atoms with van der Waals surface area (Å²) in [5.74, 6) is -1.39. The summed E-state index contributed by atoms with van der Waals surface area (Å²) < 4.78 is 27.3. The van der Waals surface area contributed by atoms with E-state index < -0.39 is 21.9 Å². The number of carbonyl (C=O) groups is 1. The number of thiophene rings is 1. The van der Waals surface area contributed by atoms with Crippen LogP contribution in [0.1, 0.15) is 12.5 Å². The van der Waals surface area contributed by atoms with Crippen LogP contribution in [-0.4, -0.2) is 19.5 Å². The molecule has 0 radical (unpaired) electrons. The van der Waals surface area contributed by atoms with Gasteiger partial charge in [-0.25, -0.2) is 8.42 Å². The van der Waals surface area contributed by atoms with Crippen molar-refractivity contribution in [1.29, 1.82) is 0 Å². The highest BCUT2D eigenvalue weighted by atomic mass is 35.5. The third-order valence-electron chi connectivity index (χ3n) is 3.08. The van der Waals surface area contributed by atoms with Gasteiger partial charge >= 0.3 is 5.97 Å². The van der Waals surface area contributed by atoms with Crippen LogP contribution >= 0.6 is 34.5 Å². The number of carboxylic acids is 1. The second-order valence-electron chi connectivity index (χ2n) is 4.93. The zero-order chi connectivity index (χ0) is 17.2. The maximum Gasteiger partial charge on any atom is 0.306 e. The van der Waals surface area contributed by atoms with E-state index in [4.69, 9.17) is 28.3 Å². The van der Waals surface area contributed by atoms with E-state index in [0.717, 1.165) is 16.9 Å². The Morgan fingerprint density at radius 2 is 1.91 bits per heavy atom. The van der Waals surface area contributed by atoms with Crippen LogP contribution in [-0.2, 0) is 21.2 Å². The first-order valence-electron chi connectivity index (χ1n) is 6.48. The molecule has 0 aliphatic rings. The van der Waals surface area contributed by atoms with Gasteiger partial charge in [0.15, 0.2) is 0 Å². The van der Waals surface area contributed by atoms with Crippen LogP contribution in [0.25, 0.3) is 0 Å². The van der Waals surface area contributed by atoms with Crippen molar-refractivity contribution in [2.75, 3.05) is 4.72 Å². The standard InChI is InChI=1S/C14H13Cl2NO4S2/c1-8(14(18)19)6-9-2-4-10(5-3-9)17-23(20,21)11-7-12(15)22-13(11)16/h2-5,7-8,17H,6H2,1H3,(H,18,19)/t8-/m1/s1. The van der Waals surface area contributed by atoms with Crippen LogP contribution in [0.3, 0.4) is 0 Å². The van der Waals surface area contributed by atoms with Crippen molar-refractivity contribution in [3.05, 3.63) is 44.6 Å². The molecule has 0 amide bonds. The summed E-state index contributed by atoms with van der Waals surface area (Å²) in [5.41, 5.74) is 1.16. The summed E-state index contributed by atoms with van der Waals surface area (Å²) in [6.07, 6.45) is 0.369. The first kappa shape index (κ1) is 18.1. The van der Waals surface area contributed by atoms with E-state index in [0.29, 0.717) is 12.1 Å². The average molecular weight is 394 g/mol. The molecule has 1 heterocycles. The molecule has 5 nitrogen and oxygen atoms in total. The van der Waals surface area contributed by atoms with Gasteiger partial charge in [-0.05, 0) is 30.2 Å². The lowest BCUT2D eigenvalue weighted by molar-refractivity contribution is -0.141. The Morgan fingerprint density at radius 1 is 1.30 bits per heavy atom. The van der Waals surface area contributed by atoms with Gasteiger partial charge < -0.3 is 5.11 Å². The Bertz CT molecular complexity index is 816. The topological polar surface area (TPSA) is 83.5 Å². The monoisotopic (exact) mass is 393 g/mol. The van der Waals surface area contributed by atoms with Crippen molar-refractivity contribution >= 4 is 56.2 Å². The Kier molecular flexibility index (Phi) is 5.57. The lowest BCUT2D eigenvalue weighted by Crippen LogP contribution is -2.13. The van der Waals surface area contributed by atoms with Gasteiger partial charge in [0, 0.05) is 5.69 Å². The fraction of sp³-hybridized carbons (Fsp3) is 0.214. The molecule has 0 spiro atoms. The molecule has 0 fully saturated rings. The first-order valence-corrected chi connectivity index (χ1v) is 9.54. The molecule has 1 aromatic heterocycles. The number of benzene rings is 1. The van der Waals surface area contributed by atoms with Crippen LogP contribution in [0.2, 0.25) is 8.67 Å². The number of rotatable bonds is 6. The van der Waals surface area contributed by atoms with Gasteiger partial charge in [0.25, 0.3) is 10.0 Å². The van der Waals surface area contributed by atoms with Crippen LogP contribution in [0.15, 0.2) is 35.2 Å². The van der Waals surface area contributed by atoms with Crippen molar-refractivity contribution in [3.8, 4) is 0 Å². The maximum absolute atomic E-state index is 12.3. The lowest BCUT2D eigenvalue weighted by atomic mass is 10.0. The zero-order valence-corrected chi connectivity index (χ0v) is 15.1. The molecule has 2 N–H and O–H groups in total. The fourth-order valence-electron chi connectivity index (χ4n) is 1.87. The summed E-state index contributed by atoms with van der Waals surface area (Å²) in [6.45, 7) is 1.61. The summed E-state index contributed by atoms with van der Waals surface area (Å²) >= 11 is 12.6. The van der Waals surface area contributed by atoms with Crippen molar-refractivity contribution in [3.63, 3.8) is 0 Å². The number of hydrogen-bond donors (Lipinski definition) is 2. The largest absolute Gasteiger partial charge is 0.481 e. The third-order valence-corrected chi connectivity index (χ3v) is 6.22. The van der Waals surface area contributed by atoms with Gasteiger partial charge in [-0.15, -0.1) is 11.3 Å².